The molecule has 0 aromatic rings. The maximum Gasteiger partial charge on any atom is 0.0218 e. The van der Waals surface area contributed by atoms with Gasteiger partial charge in [-0.15, -0.1) is 0 Å². The molecule has 0 amide bonds. The Labute approximate surface area is 81.1 Å². The highest BCUT2D eigenvalue weighted by atomic mass is 14.5. The summed E-state index contributed by atoms with van der Waals surface area (Å²) in [6, 6.07) is 0. The van der Waals surface area contributed by atoms with E-state index in [-0.39, 0.29) is 10.8 Å². The number of nitrogens with one attached hydrogen (secondary N) is 1. The highest BCUT2D eigenvalue weighted by Crippen LogP contribution is 2.52. The smallest absolute Gasteiger partial charge is 0.0218 e. The van der Waals surface area contributed by atoms with E-state index in [0.717, 1.165) is 12.0 Å². The first-order valence-corrected chi connectivity index (χ1v) is 4.73. The van der Waals surface area contributed by atoms with Gasteiger partial charge in [0, 0.05) is 6.21 Å². The Kier molecular flexibility index (Phi) is 2.23. The zero-order chi connectivity index (χ0) is 10.3. The van der Waals surface area contributed by atoms with Crippen molar-refractivity contribution in [1.82, 2.24) is 0 Å². The Bertz CT molecular complexity index is 251. The van der Waals surface area contributed by atoms with Gasteiger partial charge in [0.05, 0.1) is 0 Å². The van der Waals surface area contributed by atoms with Gasteiger partial charge < -0.3 is 5.41 Å². The van der Waals surface area contributed by atoms with Crippen LogP contribution in [0, 0.1) is 16.2 Å². The van der Waals surface area contributed by atoms with Gasteiger partial charge >= 0.3 is 0 Å². The summed E-state index contributed by atoms with van der Waals surface area (Å²) < 4.78 is 0. The SMILES string of the molecule is C=CC1=C(C=N)C(C)(C)CC1(C)C. The van der Waals surface area contributed by atoms with Gasteiger partial charge in [0.2, 0.25) is 0 Å². The van der Waals surface area contributed by atoms with Crippen LogP contribution in [0.1, 0.15) is 34.1 Å². The quantitative estimate of drug-likeness (QED) is 0.623. The van der Waals surface area contributed by atoms with Gasteiger partial charge in [-0.25, -0.2) is 0 Å². The van der Waals surface area contributed by atoms with E-state index < -0.39 is 0 Å². The van der Waals surface area contributed by atoms with Crippen LogP contribution in [0.2, 0.25) is 0 Å². The summed E-state index contributed by atoms with van der Waals surface area (Å²) in [6.07, 6.45) is 4.51. The second-order valence-electron chi connectivity index (χ2n) is 5.12. The van der Waals surface area contributed by atoms with E-state index in [1.165, 1.54) is 11.8 Å². The van der Waals surface area contributed by atoms with E-state index in [4.69, 9.17) is 5.41 Å². The third-order valence-corrected chi connectivity index (χ3v) is 2.98. The standard InChI is InChI=1S/C12H19N/c1-6-9-10(7-13)12(4,5)8-11(9,2)3/h6-7,13H,1,8H2,2-5H3. The average Bonchev–Trinajstić information content (AvgIpc) is 2.13. The van der Waals surface area contributed by atoms with Crippen molar-refractivity contribution < 1.29 is 0 Å². The van der Waals surface area contributed by atoms with E-state index in [0.29, 0.717) is 0 Å². The largest absolute Gasteiger partial charge is 0.308 e. The van der Waals surface area contributed by atoms with Crippen LogP contribution in [-0.4, -0.2) is 6.21 Å². The zero-order valence-corrected chi connectivity index (χ0v) is 9.07. The van der Waals surface area contributed by atoms with Gasteiger partial charge in [-0.05, 0) is 28.4 Å². The fourth-order valence-electron chi connectivity index (χ4n) is 2.68. The lowest BCUT2D eigenvalue weighted by Crippen LogP contribution is -2.15. The van der Waals surface area contributed by atoms with E-state index in [1.54, 1.807) is 0 Å². The lowest BCUT2D eigenvalue weighted by atomic mass is 9.80. The molecule has 0 heterocycles. The lowest BCUT2D eigenvalue weighted by molar-refractivity contribution is 0.324. The minimum Gasteiger partial charge on any atom is -0.308 e. The Morgan fingerprint density at radius 2 is 1.62 bits per heavy atom. The molecule has 0 bridgehead atoms. The first kappa shape index (κ1) is 10.2. The molecule has 0 aromatic carbocycles. The Balaban J connectivity index is 3.30. The summed E-state index contributed by atoms with van der Waals surface area (Å²) in [7, 11) is 0. The maximum atomic E-state index is 7.44. The molecular weight excluding hydrogens is 158 g/mol. The Morgan fingerprint density at radius 1 is 1.15 bits per heavy atom. The summed E-state index contributed by atoms with van der Waals surface area (Å²) in [5, 5.41) is 7.44. The topological polar surface area (TPSA) is 23.9 Å². The zero-order valence-electron chi connectivity index (χ0n) is 9.07. The normalized spacial score (nSPS) is 24.6. The van der Waals surface area contributed by atoms with Crippen LogP contribution in [0.5, 0.6) is 0 Å². The molecular formula is C12H19N. The Morgan fingerprint density at radius 3 is 1.92 bits per heavy atom. The molecule has 0 aromatic heterocycles. The molecule has 0 saturated heterocycles. The van der Waals surface area contributed by atoms with Crippen molar-refractivity contribution in [3.8, 4) is 0 Å². The number of hydrogen-bond donors (Lipinski definition) is 1. The van der Waals surface area contributed by atoms with Gasteiger partial charge in [-0.1, -0.05) is 40.3 Å². The molecule has 0 unspecified atom stereocenters. The monoisotopic (exact) mass is 177 g/mol. The molecule has 1 N–H and O–H groups in total. The van der Waals surface area contributed by atoms with Crippen LogP contribution >= 0.6 is 0 Å². The molecule has 1 rings (SSSR count). The van der Waals surface area contributed by atoms with Crippen molar-refractivity contribution in [2.45, 2.75) is 34.1 Å². The van der Waals surface area contributed by atoms with Gasteiger partial charge in [0.25, 0.3) is 0 Å². The highest BCUT2D eigenvalue weighted by molar-refractivity contribution is 5.81. The first-order chi connectivity index (χ1) is 5.85. The second-order valence-corrected chi connectivity index (χ2v) is 5.12. The molecule has 1 heteroatoms. The van der Waals surface area contributed by atoms with Crippen molar-refractivity contribution in [2.75, 3.05) is 0 Å². The molecule has 0 fully saturated rings. The van der Waals surface area contributed by atoms with Crippen LogP contribution in [0.3, 0.4) is 0 Å². The minimum absolute atomic E-state index is 0.134. The summed E-state index contributed by atoms with van der Waals surface area (Å²) in [5.74, 6) is 0. The van der Waals surface area contributed by atoms with Gasteiger partial charge in [0.15, 0.2) is 0 Å². The van der Waals surface area contributed by atoms with Crippen molar-refractivity contribution in [3.05, 3.63) is 23.8 Å². The first-order valence-electron chi connectivity index (χ1n) is 4.73. The second kappa shape index (κ2) is 2.83. The third-order valence-electron chi connectivity index (χ3n) is 2.98. The van der Waals surface area contributed by atoms with E-state index in [9.17, 15) is 0 Å². The number of allylic oxidation sites excluding steroid dienone is 3. The van der Waals surface area contributed by atoms with Crippen molar-refractivity contribution >= 4 is 6.21 Å². The van der Waals surface area contributed by atoms with Crippen LogP contribution < -0.4 is 0 Å². The van der Waals surface area contributed by atoms with Gasteiger partial charge in [-0.3, -0.25) is 0 Å². The lowest BCUT2D eigenvalue weighted by Gasteiger charge is -2.24. The van der Waals surface area contributed by atoms with E-state index in [2.05, 4.69) is 34.3 Å². The van der Waals surface area contributed by atoms with Crippen LogP contribution in [0.4, 0.5) is 0 Å². The summed E-state index contributed by atoms with van der Waals surface area (Å²) in [6.45, 7) is 12.7. The van der Waals surface area contributed by atoms with Crippen LogP contribution in [0.15, 0.2) is 23.8 Å². The van der Waals surface area contributed by atoms with Crippen molar-refractivity contribution in [2.24, 2.45) is 10.8 Å². The third kappa shape index (κ3) is 1.48. The summed E-state index contributed by atoms with van der Waals surface area (Å²) in [4.78, 5) is 0. The molecule has 1 nitrogen and oxygen atoms in total. The average molecular weight is 177 g/mol. The van der Waals surface area contributed by atoms with Gasteiger partial charge in [0.1, 0.15) is 0 Å². The van der Waals surface area contributed by atoms with E-state index in [1.807, 2.05) is 6.08 Å². The predicted octanol–water partition coefficient (Wildman–Crippen LogP) is 3.57. The number of rotatable bonds is 2. The Hall–Kier alpha value is -0.850. The fourth-order valence-corrected chi connectivity index (χ4v) is 2.68. The molecule has 0 radical (unpaired) electrons. The molecule has 1 aliphatic rings. The molecule has 0 atom stereocenters. The fraction of sp³-hybridized carbons (Fsp3) is 0.583. The van der Waals surface area contributed by atoms with Gasteiger partial charge in [-0.2, -0.15) is 0 Å². The minimum atomic E-state index is 0.134. The molecule has 0 aliphatic heterocycles. The molecule has 13 heavy (non-hydrogen) atoms. The van der Waals surface area contributed by atoms with Crippen LogP contribution in [0.25, 0.3) is 0 Å². The molecule has 0 saturated carbocycles. The predicted molar refractivity (Wildman–Crippen MR) is 58.2 cm³/mol. The molecule has 72 valence electrons. The molecule has 0 spiro atoms. The highest BCUT2D eigenvalue weighted by Gasteiger charge is 2.41. The maximum absolute atomic E-state index is 7.44. The van der Waals surface area contributed by atoms with Crippen molar-refractivity contribution in [1.29, 1.82) is 5.41 Å². The van der Waals surface area contributed by atoms with E-state index >= 15 is 0 Å². The van der Waals surface area contributed by atoms with Crippen molar-refractivity contribution in [3.63, 3.8) is 0 Å². The summed E-state index contributed by atoms with van der Waals surface area (Å²) >= 11 is 0. The summed E-state index contributed by atoms with van der Waals surface area (Å²) in [5.41, 5.74) is 2.70. The van der Waals surface area contributed by atoms with Crippen LogP contribution in [-0.2, 0) is 0 Å². The molecule has 1 aliphatic carbocycles. The number of hydrogen-bond acceptors (Lipinski definition) is 1.